The molecule has 1 amide bonds. The second kappa shape index (κ2) is 7.64. The normalized spacial score (nSPS) is 10.9. The van der Waals surface area contributed by atoms with Gasteiger partial charge in [0.25, 0.3) is 5.91 Å². The van der Waals surface area contributed by atoms with Gasteiger partial charge in [-0.15, -0.1) is 0 Å². The number of hydrazone groups is 1. The molecule has 116 valence electrons. The van der Waals surface area contributed by atoms with Crippen LogP contribution in [0.25, 0.3) is 0 Å². The van der Waals surface area contributed by atoms with Crippen molar-refractivity contribution in [2.45, 2.75) is 13.8 Å². The highest BCUT2D eigenvalue weighted by atomic mass is 127. The maximum Gasteiger partial charge on any atom is 0.277 e. The van der Waals surface area contributed by atoms with E-state index in [0.717, 1.165) is 14.9 Å². The molecule has 1 heterocycles. The van der Waals surface area contributed by atoms with Crippen molar-refractivity contribution in [3.05, 3.63) is 49.9 Å². The van der Waals surface area contributed by atoms with E-state index in [-0.39, 0.29) is 12.5 Å². The van der Waals surface area contributed by atoms with Crippen molar-refractivity contribution in [1.29, 1.82) is 0 Å². The highest BCUT2D eigenvalue weighted by molar-refractivity contribution is 14.1. The minimum atomic E-state index is -0.359. The number of nitrogens with zero attached hydrogens (tertiary/aromatic N) is 1. The van der Waals surface area contributed by atoms with Crippen molar-refractivity contribution in [2.24, 2.45) is 5.10 Å². The highest BCUT2D eigenvalue weighted by Gasteiger charge is 2.06. The molecular weight excluding hydrogens is 419 g/mol. The maximum atomic E-state index is 11.6. The molecule has 0 atom stereocenters. The van der Waals surface area contributed by atoms with E-state index in [1.807, 2.05) is 36.4 Å². The Kier molecular flexibility index (Phi) is 5.84. The molecule has 0 aliphatic heterocycles. The van der Waals surface area contributed by atoms with Gasteiger partial charge in [0.1, 0.15) is 11.5 Å². The van der Waals surface area contributed by atoms with Crippen LogP contribution in [0.5, 0.6) is 5.75 Å². The molecule has 0 spiro atoms. The van der Waals surface area contributed by atoms with Crippen molar-refractivity contribution in [1.82, 2.24) is 5.43 Å². The zero-order valence-corrected chi connectivity index (χ0v) is 14.9. The third-order valence-electron chi connectivity index (χ3n) is 2.75. The molecule has 0 saturated carbocycles. The first kappa shape index (κ1) is 16.8. The second-order valence-electron chi connectivity index (χ2n) is 4.59. The maximum absolute atomic E-state index is 11.6. The van der Waals surface area contributed by atoms with Gasteiger partial charge in [-0.05, 0) is 71.8 Å². The van der Waals surface area contributed by atoms with Crippen molar-refractivity contribution in [3.8, 4) is 5.75 Å². The molecule has 7 heteroatoms. The van der Waals surface area contributed by atoms with Gasteiger partial charge in [0.15, 0.2) is 10.4 Å². The Morgan fingerprint density at radius 2 is 2.09 bits per heavy atom. The fourth-order valence-corrected chi connectivity index (χ4v) is 2.28. The first-order valence-electron chi connectivity index (χ1n) is 6.42. The third kappa shape index (κ3) is 4.74. The van der Waals surface area contributed by atoms with Gasteiger partial charge in [-0.3, -0.25) is 4.79 Å². The summed E-state index contributed by atoms with van der Waals surface area (Å²) in [7, 11) is 0. The Bertz CT molecular complexity index is 690. The average Bonchev–Trinajstić information content (AvgIpc) is 2.88. The summed E-state index contributed by atoms with van der Waals surface area (Å²) in [4.78, 5) is 11.6. The van der Waals surface area contributed by atoms with Crippen molar-refractivity contribution < 1.29 is 13.9 Å². The van der Waals surface area contributed by atoms with Gasteiger partial charge in [-0.2, -0.15) is 5.10 Å². The number of aryl methyl sites for hydroxylation is 2. The summed E-state index contributed by atoms with van der Waals surface area (Å²) in [6.45, 7) is 3.64. The number of hydrogen-bond donors (Lipinski definition) is 1. The van der Waals surface area contributed by atoms with Crippen molar-refractivity contribution in [3.63, 3.8) is 0 Å². The summed E-state index contributed by atoms with van der Waals surface area (Å²) < 4.78 is 11.4. The van der Waals surface area contributed by atoms with Crippen LogP contribution in [-0.2, 0) is 4.79 Å². The van der Waals surface area contributed by atoms with E-state index in [4.69, 9.17) is 20.8 Å². The summed E-state index contributed by atoms with van der Waals surface area (Å²) in [5.41, 5.74) is 4.18. The number of hydrogen-bond acceptors (Lipinski definition) is 4. The van der Waals surface area contributed by atoms with Gasteiger partial charge in [0.05, 0.1) is 6.21 Å². The van der Waals surface area contributed by atoms with E-state index in [1.165, 1.54) is 6.21 Å². The lowest BCUT2D eigenvalue weighted by Gasteiger charge is -2.09. The zero-order valence-electron chi connectivity index (χ0n) is 12.0. The van der Waals surface area contributed by atoms with E-state index >= 15 is 0 Å². The number of amides is 1. The van der Waals surface area contributed by atoms with Gasteiger partial charge in [-0.25, -0.2) is 5.43 Å². The Morgan fingerprint density at radius 3 is 2.68 bits per heavy atom. The Hall–Kier alpha value is -1.54. The Morgan fingerprint density at radius 1 is 1.41 bits per heavy atom. The number of ether oxygens (including phenoxy) is 1. The van der Waals surface area contributed by atoms with Gasteiger partial charge in [0.2, 0.25) is 0 Å². The minimum Gasteiger partial charge on any atom is -0.484 e. The smallest absolute Gasteiger partial charge is 0.277 e. The van der Waals surface area contributed by atoms with E-state index in [1.54, 1.807) is 24.3 Å². The lowest BCUT2D eigenvalue weighted by molar-refractivity contribution is -0.123. The second-order valence-corrected chi connectivity index (χ2v) is 6.04. The molecule has 0 bridgehead atoms. The quantitative estimate of drug-likeness (QED) is 0.445. The molecule has 0 saturated heterocycles. The molecule has 1 aromatic heterocycles. The fourth-order valence-electron chi connectivity index (χ4n) is 1.74. The molecular formula is C15H14ClIN2O3. The molecule has 1 N–H and O–H groups in total. The lowest BCUT2D eigenvalue weighted by atomic mass is 10.1. The first-order valence-corrected chi connectivity index (χ1v) is 7.88. The molecule has 0 aliphatic rings. The Balaban J connectivity index is 1.84. The van der Waals surface area contributed by atoms with Gasteiger partial charge < -0.3 is 9.15 Å². The van der Waals surface area contributed by atoms with Crippen molar-refractivity contribution in [2.75, 3.05) is 6.61 Å². The summed E-state index contributed by atoms with van der Waals surface area (Å²) >= 11 is 8.13. The van der Waals surface area contributed by atoms with Crippen LogP contribution in [0.1, 0.15) is 16.9 Å². The van der Waals surface area contributed by atoms with Crippen LogP contribution < -0.4 is 10.2 Å². The van der Waals surface area contributed by atoms with E-state index in [0.29, 0.717) is 16.5 Å². The standard InChI is InChI=1S/C15H14ClIN2O3/c1-9-5-12(6-10(2)15(9)16)21-8-14(20)19-18-7-11-3-4-13(17)22-11/h3-7H,8H2,1-2H3,(H,19,20)/b18-7-. The number of halogens is 2. The van der Waals surface area contributed by atoms with Gasteiger partial charge in [-0.1, -0.05) is 11.6 Å². The van der Waals surface area contributed by atoms with Crippen LogP contribution in [0.2, 0.25) is 5.02 Å². The van der Waals surface area contributed by atoms with Gasteiger partial charge >= 0.3 is 0 Å². The SMILES string of the molecule is Cc1cc(OCC(=O)N/N=C\c2ccc(I)o2)cc(C)c1Cl. The number of furan rings is 1. The lowest BCUT2D eigenvalue weighted by Crippen LogP contribution is -2.24. The van der Waals surface area contributed by atoms with Crippen LogP contribution in [0.3, 0.4) is 0 Å². The summed E-state index contributed by atoms with van der Waals surface area (Å²) in [6, 6.07) is 7.14. The molecule has 0 fully saturated rings. The monoisotopic (exact) mass is 432 g/mol. The summed E-state index contributed by atoms with van der Waals surface area (Å²) in [5.74, 6) is 0.802. The zero-order chi connectivity index (χ0) is 16.1. The van der Waals surface area contributed by atoms with Crippen LogP contribution in [0.15, 0.2) is 33.8 Å². The Labute approximate surface area is 146 Å². The molecule has 0 radical (unpaired) electrons. The third-order valence-corrected chi connectivity index (χ3v) is 3.93. The van der Waals surface area contributed by atoms with Crippen molar-refractivity contribution >= 4 is 46.3 Å². The minimum absolute atomic E-state index is 0.131. The number of rotatable bonds is 5. The van der Waals surface area contributed by atoms with Gasteiger partial charge in [0, 0.05) is 5.02 Å². The number of nitrogens with one attached hydrogen (secondary N) is 1. The fraction of sp³-hybridized carbons (Fsp3) is 0.200. The van der Waals surface area contributed by atoms with E-state index in [9.17, 15) is 4.79 Å². The van der Waals surface area contributed by atoms with Crippen LogP contribution in [-0.4, -0.2) is 18.7 Å². The summed E-state index contributed by atoms with van der Waals surface area (Å²) in [6.07, 6.45) is 1.43. The van der Waals surface area contributed by atoms with Crippen LogP contribution in [0.4, 0.5) is 0 Å². The number of carbonyl (C=O) groups excluding carboxylic acids is 1. The highest BCUT2D eigenvalue weighted by Crippen LogP contribution is 2.25. The summed E-state index contributed by atoms with van der Waals surface area (Å²) in [5, 5.41) is 4.50. The molecule has 2 aromatic rings. The predicted molar refractivity (Wildman–Crippen MR) is 93.6 cm³/mol. The molecule has 2 rings (SSSR count). The molecule has 1 aromatic carbocycles. The van der Waals surface area contributed by atoms with Crippen LogP contribution in [0, 0.1) is 17.6 Å². The average molecular weight is 433 g/mol. The number of carbonyl (C=O) groups is 1. The first-order chi connectivity index (χ1) is 10.5. The topological polar surface area (TPSA) is 63.8 Å². The molecule has 22 heavy (non-hydrogen) atoms. The van der Waals surface area contributed by atoms with E-state index < -0.39 is 0 Å². The number of benzene rings is 1. The molecule has 0 unspecified atom stereocenters. The van der Waals surface area contributed by atoms with Crippen LogP contribution >= 0.6 is 34.2 Å². The molecule has 5 nitrogen and oxygen atoms in total. The van der Waals surface area contributed by atoms with E-state index in [2.05, 4.69) is 10.5 Å². The predicted octanol–water partition coefficient (Wildman–Crippen LogP) is 3.68. The molecule has 0 aliphatic carbocycles. The largest absolute Gasteiger partial charge is 0.484 e.